The minimum Gasteiger partial charge on any atom is -0.382 e. The van der Waals surface area contributed by atoms with Crippen molar-refractivity contribution in [3.05, 3.63) is 59.9 Å². The van der Waals surface area contributed by atoms with Crippen molar-refractivity contribution in [1.29, 1.82) is 0 Å². The summed E-state index contributed by atoms with van der Waals surface area (Å²) < 4.78 is 59.6. The average molecular weight is 383 g/mol. The zero-order valence-electron chi connectivity index (χ0n) is 20.4. The number of pyridine rings is 1. The number of aromatic nitrogens is 4. The van der Waals surface area contributed by atoms with Crippen LogP contribution in [0.15, 0.2) is 37.3 Å². The predicted molar refractivity (Wildman–Crippen MR) is 106 cm³/mol. The number of aryl methyl sites for hydroxylation is 1. The van der Waals surface area contributed by atoms with E-state index in [-0.39, 0.29) is 17.4 Å². The molecule has 0 aromatic carbocycles. The van der Waals surface area contributed by atoms with Gasteiger partial charge in [-0.1, -0.05) is 6.58 Å². The summed E-state index contributed by atoms with van der Waals surface area (Å²) in [5.74, 6) is -0.534. The average Bonchev–Trinajstić information content (AvgIpc) is 3.23. The van der Waals surface area contributed by atoms with E-state index < -0.39 is 31.1 Å². The van der Waals surface area contributed by atoms with Gasteiger partial charge >= 0.3 is 0 Å². The molecule has 2 aliphatic rings. The second-order valence-electron chi connectivity index (χ2n) is 7.06. The highest BCUT2D eigenvalue weighted by atomic mass is 19.1. The molecule has 0 saturated carbocycles. The van der Waals surface area contributed by atoms with Gasteiger partial charge in [0.2, 0.25) is 0 Å². The summed E-state index contributed by atoms with van der Waals surface area (Å²) in [7, 11) is 0. The maximum atomic E-state index is 14.4. The molecule has 5 rings (SSSR count). The Morgan fingerprint density at radius 1 is 1.43 bits per heavy atom. The van der Waals surface area contributed by atoms with E-state index >= 15 is 0 Å². The predicted octanol–water partition coefficient (Wildman–Crippen LogP) is 3.50. The summed E-state index contributed by atoms with van der Waals surface area (Å²) >= 11 is 0. The van der Waals surface area contributed by atoms with Crippen molar-refractivity contribution < 1.29 is 11.2 Å². The fraction of sp³-hybridized carbons (Fsp3) is 0.381. The first-order chi connectivity index (χ1) is 15.5. The standard InChI is InChI=1S/C21H23FN6/c1-13-5-6-18-16(10-15(22)11-23-18)19-4-3-8-27(19)20-7-9-28-21(26-20)17(12-24-28)14(2)25-13/h7,9-13,19,25H,2-6,8H2,1H3/t13-,19?/m1/s1/i3D2,4D2,19D. The Labute approximate surface area is 170 Å². The Balaban J connectivity index is 1.83. The first-order valence-electron chi connectivity index (χ1n) is 11.7. The molecular weight excluding hydrogens is 355 g/mol. The van der Waals surface area contributed by atoms with E-state index in [4.69, 9.17) is 5.48 Å². The van der Waals surface area contributed by atoms with Crippen LogP contribution in [0.4, 0.5) is 10.2 Å². The SMILES string of the molecule is [2H]C1([2H])CN2c3ccn4ncc(c4n3)C(=C)N[C@H](C)CCc3ncc(F)cc3C2([2H])C1([2H])[2H]. The molecule has 3 aromatic rings. The van der Waals surface area contributed by atoms with Gasteiger partial charge in [-0.3, -0.25) is 4.98 Å². The molecule has 3 aromatic heterocycles. The molecule has 6 nitrogen and oxygen atoms in total. The number of hydrogen-bond acceptors (Lipinski definition) is 5. The summed E-state index contributed by atoms with van der Waals surface area (Å²) in [4.78, 5) is 10.1. The topological polar surface area (TPSA) is 58.4 Å². The molecular formula is C21H23FN6. The fourth-order valence-electron chi connectivity index (χ4n) is 3.65. The number of anilines is 1. The van der Waals surface area contributed by atoms with Crippen LogP contribution in [-0.2, 0) is 6.42 Å². The van der Waals surface area contributed by atoms with Gasteiger partial charge in [-0.2, -0.15) is 5.10 Å². The van der Waals surface area contributed by atoms with Crippen molar-refractivity contribution >= 4 is 17.2 Å². The van der Waals surface area contributed by atoms with Crippen LogP contribution in [-0.4, -0.2) is 32.2 Å². The quantitative estimate of drug-likeness (QED) is 0.644. The molecule has 28 heavy (non-hydrogen) atoms. The van der Waals surface area contributed by atoms with Crippen LogP contribution in [0.25, 0.3) is 11.3 Å². The minimum absolute atomic E-state index is 0.00504. The van der Waals surface area contributed by atoms with Crippen molar-refractivity contribution in [2.24, 2.45) is 0 Å². The molecule has 7 heteroatoms. The molecule has 0 amide bonds. The third kappa shape index (κ3) is 2.82. The smallest absolute Gasteiger partial charge is 0.166 e. The monoisotopic (exact) mass is 383 g/mol. The zero-order chi connectivity index (χ0) is 23.8. The lowest BCUT2D eigenvalue weighted by Gasteiger charge is -2.27. The Hall–Kier alpha value is -2.96. The third-order valence-corrected chi connectivity index (χ3v) is 5.10. The Morgan fingerprint density at radius 2 is 2.32 bits per heavy atom. The molecule has 1 saturated heterocycles. The zero-order valence-corrected chi connectivity index (χ0v) is 15.4. The Kier molecular flexibility index (Phi) is 2.93. The third-order valence-electron chi connectivity index (χ3n) is 5.10. The van der Waals surface area contributed by atoms with E-state index in [1.165, 1.54) is 9.42 Å². The molecule has 0 spiro atoms. The van der Waals surface area contributed by atoms with Gasteiger partial charge in [0.15, 0.2) is 5.65 Å². The first kappa shape index (κ1) is 12.5. The van der Waals surface area contributed by atoms with Crippen LogP contribution >= 0.6 is 0 Å². The molecule has 144 valence electrons. The largest absolute Gasteiger partial charge is 0.382 e. The van der Waals surface area contributed by atoms with Gasteiger partial charge in [-0.25, -0.2) is 13.9 Å². The summed E-state index contributed by atoms with van der Waals surface area (Å²) in [6.45, 7) is 5.62. The minimum atomic E-state index is -2.70. The number of nitrogens with zero attached hydrogens (tertiary/aromatic N) is 5. The molecule has 2 aliphatic heterocycles. The van der Waals surface area contributed by atoms with Crippen molar-refractivity contribution in [3.8, 4) is 0 Å². The summed E-state index contributed by atoms with van der Waals surface area (Å²) in [5.41, 5.74) is 2.03. The highest BCUT2D eigenvalue weighted by molar-refractivity contribution is 5.74. The van der Waals surface area contributed by atoms with Crippen LogP contribution in [0.2, 0.25) is 0 Å². The highest BCUT2D eigenvalue weighted by Gasteiger charge is 2.30. The highest BCUT2D eigenvalue weighted by Crippen LogP contribution is 2.37. The normalized spacial score (nSPS) is 31.1. The Bertz CT molecular complexity index is 1280. The number of halogens is 1. The van der Waals surface area contributed by atoms with Crippen molar-refractivity contribution in [3.63, 3.8) is 0 Å². The number of nitrogens with one attached hydrogen (secondary N) is 1. The molecule has 0 radical (unpaired) electrons. The molecule has 5 heterocycles. The van der Waals surface area contributed by atoms with E-state index in [9.17, 15) is 5.76 Å². The lowest BCUT2D eigenvalue weighted by molar-refractivity contribution is 0.575. The Morgan fingerprint density at radius 3 is 3.21 bits per heavy atom. The van der Waals surface area contributed by atoms with Crippen LogP contribution in [0.3, 0.4) is 0 Å². The number of rotatable bonds is 0. The van der Waals surface area contributed by atoms with Crippen LogP contribution in [0, 0.1) is 5.82 Å². The number of fused-ring (bicyclic) bond motifs is 5. The van der Waals surface area contributed by atoms with Gasteiger partial charge < -0.3 is 10.2 Å². The van der Waals surface area contributed by atoms with E-state index in [0.29, 0.717) is 35.4 Å². The van der Waals surface area contributed by atoms with Crippen LogP contribution in [0.5, 0.6) is 0 Å². The van der Waals surface area contributed by atoms with Gasteiger partial charge in [-0.05, 0) is 50.2 Å². The van der Waals surface area contributed by atoms with Gasteiger partial charge in [0.1, 0.15) is 11.6 Å². The maximum Gasteiger partial charge on any atom is 0.166 e. The first-order valence-corrected chi connectivity index (χ1v) is 9.18. The summed E-state index contributed by atoms with van der Waals surface area (Å²) in [6, 6.07) is 0.269. The van der Waals surface area contributed by atoms with Crippen molar-refractivity contribution in [1.82, 2.24) is 24.9 Å². The lowest BCUT2D eigenvalue weighted by atomic mass is 9.98. The molecule has 1 N–H and O–H groups in total. The van der Waals surface area contributed by atoms with E-state index in [1.54, 1.807) is 18.5 Å². The van der Waals surface area contributed by atoms with Crippen LogP contribution in [0.1, 0.15) is 55.8 Å². The molecule has 0 aliphatic carbocycles. The van der Waals surface area contributed by atoms with E-state index in [1.807, 2.05) is 6.92 Å². The van der Waals surface area contributed by atoms with Gasteiger partial charge in [0.25, 0.3) is 0 Å². The molecule has 1 fully saturated rings. The van der Waals surface area contributed by atoms with Gasteiger partial charge in [-0.15, -0.1) is 0 Å². The van der Waals surface area contributed by atoms with E-state index in [2.05, 4.69) is 27.0 Å². The summed E-state index contributed by atoms with van der Waals surface area (Å²) in [5, 5.41) is 7.62. The van der Waals surface area contributed by atoms with Crippen molar-refractivity contribution in [2.45, 2.75) is 44.6 Å². The second-order valence-corrected chi connectivity index (χ2v) is 7.06. The number of hydrogen-bond donors (Lipinski definition) is 1. The maximum absolute atomic E-state index is 14.4. The van der Waals surface area contributed by atoms with Crippen LogP contribution < -0.4 is 10.2 Å². The fourth-order valence-corrected chi connectivity index (χ4v) is 3.65. The second kappa shape index (κ2) is 6.58. The van der Waals surface area contributed by atoms with Gasteiger partial charge in [0.05, 0.1) is 25.3 Å². The molecule has 2 atom stereocenters. The lowest BCUT2D eigenvalue weighted by Crippen LogP contribution is -2.26. The van der Waals surface area contributed by atoms with Crippen molar-refractivity contribution in [2.75, 3.05) is 11.4 Å². The molecule has 1 unspecified atom stereocenters. The molecule has 2 bridgehead atoms. The van der Waals surface area contributed by atoms with Gasteiger partial charge in [0, 0.05) is 35.7 Å². The summed E-state index contributed by atoms with van der Waals surface area (Å²) in [6.07, 6.45) is 0.0515. The van der Waals surface area contributed by atoms with E-state index in [0.717, 1.165) is 12.3 Å².